The third-order valence-electron chi connectivity index (χ3n) is 3.92. The summed E-state index contributed by atoms with van der Waals surface area (Å²) >= 11 is 0. The van der Waals surface area contributed by atoms with Crippen LogP contribution >= 0.6 is 0 Å². The summed E-state index contributed by atoms with van der Waals surface area (Å²) in [4.78, 5) is 16.6. The van der Waals surface area contributed by atoms with Gasteiger partial charge in [0.05, 0.1) is 37.3 Å². The second-order valence-electron chi connectivity index (χ2n) is 5.68. The molecular formula is C16H22N4O4. The average molecular weight is 334 g/mol. The molecule has 1 fully saturated rings. The number of nitrogens with one attached hydrogen (secondary N) is 1. The number of ether oxygens (including phenoxy) is 2. The smallest absolute Gasteiger partial charge is 0.289 e. The summed E-state index contributed by atoms with van der Waals surface area (Å²) in [5, 5.41) is 7.09. The molecule has 0 saturated carbocycles. The minimum atomic E-state index is -0.298. The van der Waals surface area contributed by atoms with Crippen molar-refractivity contribution >= 4 is 5.91 Å². The Morgan fingerprint density at radius 1 is 1.46 bits per heavy atom. The standard InChI is InChI=1S/C16H22N4O4/c1-4-14-18-10(3)15(24-14)16(21)19-12-8-22-9-13(12)23-11-6-17-20(5-2)7-11/h6-7,12-13H,4-5,8-9H2,1-3H3,(H,19,21)/t12-,13+/m0/s1. The van der Waals surface area contributed by atoms with Crippen molar-refractivity contribution in [2.75, 3.05) is 13.2 Å². The normalized spacial score (nSPS) is 20.3. The number of carbonyl (C=O) groups excluding carboxylic acids is 1. The van der Waals surface area contributed by atoms with E-state index >= 15 is 0 Å². The fraction of sp³-hybridized carbons (Fsp3) is 0.562. The summed E-state index contributed by atoms with van der Waals surface area (Å²) < 4.78 is 18.6. The van der Waals surface area contributed by atoms with Gasteiger partial charge >= 0.3 is 0 Å². The number of rotatable bonds is 6. The molecule has 0 aromatic carbocycles. The van der Waals surface area contributed by atoms with Gasteiger partial charge in [0.25, 0.3) is 5.91 Å². The van der Waals surface area contributed by atoms with Crippen LogP contribution < -0.4 is 10.1 Å². The lowest BCUT2D eigenvalue weighted by atomic mass is 10.2. The van der Waals surface area contributed by atoms with Crippen LogP contribution in [0.5, 0.6) is 5.75 Å². The number of carbonyl (C=O) groups is 1. The van der Waals surface area contributed by atoms with Crippen LogP contribution in [0.15, 0.2) is 16.8 Å². The molecule has 130 valence electrons. The lowest BCUT2D eigenvalue weighted by molar-refractivity contribution is 0.0873. The Morgan fingerprint density at radius 3 is 2.96 bits per heavy atom. The molecular weight excluding hydrogens is 312 g/mol. The highest BCUT2D eigenvalue weighted by Gasteiger charge is 2.33. The van der Waals surface area contributed by atoms with Crippen molar-refractivity contribution in [2.45, 2.75) is 45.9 Å². The predicted octanol–water partition coefficient (Wildman–Crippen LogP) is 1.34. The molecule has 8 heteroatoms. The van der Waals surface area contributed by atoms with Crippen molar-refractivity contribution in [3.63, 3.8) is 0 Å². The van der Waals surface area contributed by atoms with E-state index in [1.54, 1.807) is 17.8 Å². The molecule has 0 radical (unpaired) electrons. The number of amides is 1. The molecule has 3 heterocycles. The van der Waals surface area contributed by atoms with E-state index in [2.05, 4.69) is 15.4 Å². The van der Waals surface area contributed by atoms with E-state index < -0.39 is 0 Å². The zero-order chi connectivity index (χ0) is 17.1. The molecule has 2 atom stereocenters. The van der Waals surface area contributed by atoms with Gasteiger partial charge in [-0.3, -0.25) is 9.48 Å². The highest BCUT2D eigenvalue weighted by Crippen LogP contribution is 2.18. The molecule has 0 spiro atoms. The number of hydrogen-bond donors (Lipinski definition) is 1. The van der Waals surface area contributed by atoms with Gasteiger partial charge in [0.2, 0.25) is 5.76 Å². The molecule has 8 nitrogen and oxygen atoms in total. The van der Waals surface area contributed by atoms with Crippen molar-refractivity contribution in [2.24, 2.45) is 0 Å². The number of aryl methyl sites for hydroxylation is 3. The van der Waals surface area contributed by atoms with Gasteiger partial charge in [-0.05, 0) is 13.8 Å². The van der Waals surface area contributed by atoms with E-state index in [1.807, 2.05) is 20.0 Å². The Labute approximate surface area is 140 Å². The van der Waals surface area contributed by atoms with E-state index in [1.165, 1.54) is 0 Å². The molecule has 3 rings (SSSR count). The van der Waals surface area contributed by atoms with Crippen molar-refractivity contribution in [1.82, 2.24) is 20.1 Å². The first-order valence-corrected chi connectivity index (χ1v) is 8.14. The van der Waals surface area contributed by atoms with Crippen LogP contribution in [0.25, 0.3) is 0 Å². The van der Waals surface area contributed by atoms with Gasteiger partial charge in [0.1, 0.15) is 6.10 Å². The first kappa shape index (κ1) is 16.5. The molecule has 1 N–H and O–H groups in total. The fourth-order valence-corrected chi connectivity index (χ4v) is 2.59. The van der Waals surface area contributed by atoms with Crippen LogP contribution in [0.2, 0.25) is 0 Å². The molecule has 1 saturated heterocycles. The number of hydrogen-bond acceptors (Lipinski definition) is 6. The molecule has 1 aliphatic heterocycles. The summed E-state index contributed by atoms with van der Waals surface area (Å²) in [6, 6.07) is -0.253. The van der Waals surface area contributed by atoms with Crippen molar-refractivity contribution in [1.29, 1.82) is 0 Å². The molecule has 2 aromatic rings. The minimum absolute atomic E-state index is 0.247. The highest BCUT2D eigenvalue weighted by molar-refractivity contribution is 5.92. The van der Waals surface area contributed by atoms with E-state index in [-0.39, 0.29) is 23.8 Å². The summed E-state index contributed by atoms with van der Waals surface area (Å²) in [6.07, 6.45) is 3.87. The first-order chi connectivity index (χ1) is 11.6. The predicted molar refractivity (Wildman–Crippen MR) is 85.0 cm³/mol. The van der Waals surface area contributed by atoms with Crippen LogP contribution in [-0.2, 0) is 17.7 Å². The van der Waals surface area contributed by atoms with Gasteiger partial charge in [-0.25, -0.2) is 4.98 Å². The van der Waals surface area contributed by atoms with Gasteiger partial charge in [0, 0.05) is 13.0 Å². The second kappa shape index (κ2) is 7.04. The van der Waals surface area contributed by atoms with Crippen LogP contribution in [-0.4, -0.2) is 46.0 Å². The van der Waals surface area contributed by atoms with Gasteiger partial charge in [-0.1, -0.05) is 6.92 Å². The lowest BCUT2D eigenvalue weighted by Gasteiger charge is -2.19. The van der Waals surface area contributed by atoms with Crippen molar-refractivity contribution in [3.05, 3.63) is 29.7 Å². The maximum absolute atomic E-state index is 12.4. The van der Waals surface area contributed by atoms with Crippen molar-refractivity contribution < 1.29 is 18.7 Å². The zero-order valence-corrected chi connectivity index (χ0v) is 14.1. The largest absolute Gasteiger partial charge is 0.482 e. The summed E-state index contributed by atoms with van der Waals surface area (Å²) in [6.45, 7) is 7.27. The third-order valence-corrected chi connectivity index (χ3v) is 3.92. The fourth-order valence-electron chi connectivity index (χ4n) is 2.59. The minimum Gasteiger partial charge on any atom is -0.482 e. The number of nitrogens with zero attached hydrogens (tertiary/aromatic N) is 3. The Kier molecular flexibility index (Phi) is 4.84. The number of oxazole rings is 1. The average Bonchev–Trinajstić information content (AvgIpc) is 3.28. The Hall–Kier alpha value is -2.35. The molecule has 2 aromatic heterocycles. The van der Waals surface area contributed by atoms with E-state index in [4.69, 9.17) is 13.9 Å². The van der Waals surface area contributed by atoms with Gasteiger partial charge in [0.15, 0.2) is 11.6 Å². The molecule has 24 heavy (non-hydrogen) atoms. The van der Waals surface area contributed by atoms with Crippen LogP contribution in [0.1, 0.15) is 36.0 Å². The maximum atomic E-state index is 12.4. The van der Waals surface area contributed by atoms with E-state index in [9.17, 15) is 4.79 Å². The first-order valence-electron chi connectivity index (χ1n) is 8.14. The maximum Gasteiger partial charge on any atom is 0.289 e. The molecule has 0 aliphatic carbocycles. The van der Waals surface area contributed by atoms with Crippen LogP contribution in [0.4, 0.5) is 0 Å². The third kappa shape index (κ3) is 3.43. The Morgan fingerprint density at radius 2 is 2.29 bits per heavy atom. The molecule has 0 bridgehead atoms. The molecule has 0 unspecified atom stereocenters. The topological polar surface area (TPSA) is 91.4 Å². The van der Waals surface area contributed by atoms with Gasteiger partial charge in [-0.15, -0.1) is 0 Å². The Balaban J connectivity index is 1.64. The summed E-state index contributed by atoms with van der Waals surface area (Å²) in [5.41, 5.74) is 0.588. The Bertz CT molecular complexity index is 709. The monoisotopic (exact) mass is 334 g/mol. The van der Waals surface area contributed by atoms with E-state index in [0.29, 0.717) is 37.0 Å². The SMILES string of the molecule is CCc1nc(C)c(C(=O)N[C@H]2COC[C@H]2Oc2cnn(CC)c2)o1. The van der Waals surface area contributed by atoms with Crippen LogP contribution in [0.3, 0.4) is 0 Å². The lowest BCUT2D eigenvalue weighted by Crippen LogP contribution is -2.45. The molecule has 1 amide bonds. The molecule has 1 aliphatic rings. The zero-order valence-electron chi connectivity index (χ0n) is 14.1. The summed E-state index contributed by atoms with van der Waals surface area (Å²) in [7, 11) is 0. The highest BCUT2D eigenvalue weighted by atomic mass is 16.5. The quantitative estimate of drug-likeness (QED) is 0.857. The van der Waals surface area contributed by atoms with Crippen LogP contribution in [0, 0.1) is 6.92 Å². The van der Waals surface area contributed by atoms with E-state index in [0.717, 1.165) is 6.54 Å². The summed E-state index contributed by atoms with van der Waals surface area (Å²) in [5.74, 6) is 1.17. The van der Waals surface area contributed by atoms with Gasteiger partial charge in [-0.2, -0.15) is 5.10 Å². The second-order valence-corrected chi connectivity index (χ2v) is 5.68. The number of aromatic nitrogens is 3. The van der Waals surface area contributed by atoms with Crippen molar-refractivity contribution in [3.8, 4) is 5.75 Å². The van der Waals surface area contributed by atoms with Gasteiger partial charge < -0.3 is 19.2 Å².